The van der Waals surface area contributed by atoms with Crippen molar-refractivity contribution in [2.75, 3.05) is 0 Å². The minimum atomic E-state index is 0.571. The molecule has 0 bridgehead atoms. The molecule has 17 heavy (non-hydrogen) atoms. The Morgan fingerprint density at radius 1 is 1.29 bits per heavy atom. The van der Waals surface area contributed by atoms with Crippen LogP contribution in [0.3, 0.4) is 0 Å². The van der Waals surface area contributed by atoms with Gasteiger partial charge in [0.2, 0.25) is 5.13 Å². The Bertz CT molecular complexity index is 531. The van der Waals surface area contributed by atoms with Gasteiger partial charge in [0.05, 0.1) is 10.0 Å². The van der Waals surface area contributed by atoms with Crippen LogP contribution in [0.25, 0.3) is 0 Å². The van der Waals surface area contributed by atoms with Crippen LogP contribution in [0.2, 0.25) is 10.0 Å². The van der Waals surface area contributed by atoms with Crippen LogP contribution >= 0.6 is 34.5 Å². The molecule has 0 unspecified atom stereocenters. The van der Waals surface area contributed by atoms with E-state index in [0.29, 0.717) is 20.7 Å². The summed E-state index contributed by atoms with van der Waals surface area (Å²) in [5.74, 6) is 0. The van der Waals surface area contributed by atoms with Crippen LogP contribution in [-0.2, 0) is 6.42 Å². The molecule has 88 valence electrons. The number of hydrogen-bond donors (Lipinski definition) is 0. The molecule has 0 atom stereocenters. The highest BCUT2D eigenvalue weighted by Gasteiger charge is 2.03. The van der Waals surface area contributed by atoms with Gasteiger partial charge in [-0.3, -0.25) is 0 Å². The first kappa shape index (κ1) is 12.5. The van der Waals surface area contributed by atoms with Crippen LogP contribution in [0.15, 0.2) is 23.2 Å². The van der Waals surface area contributed by atoms with Crippen molar-refractivity contribution < 1.29 is 0 Å². The van der Waals surface area contributed by atoms with Crippen LogP contribution in [0, 0.1) is 0 Å². The molecule has 0 aliphatic carbocycles. The van der Waals surface area contributed by atoms with Crippen LogP contribution in [0.4, 0.5) is 5.13 Å². The van der Waals surface area contributed by atoms with E-state index in [-0.39, 0.29) is 0 Å². The summed E-state index contributed by atoms with van der Waals surface area (Å²) >= 11 is 13.5. The van der Waals surface area contributed by atoms with E-state index in [1.54, 1.807) is 24.4 Å². The van der Waals surface area contributed by atoms with Gasteiger partial charge in [-0.15, -0.1) is 10.2 Å². The Kier molecular flexibility index (Phi) is 4.10. The highest BCUT2D eigenvalue weighted by molar-refractivity contribution is 7.14. The van der Waals surface area contributed by atoms with Crippen molar-refractivity contribution in [2.24, 2.45) is 4.99 Å². The fourth-order valence-corrected chi connectivity index (χ4v) is 2.31. The van der Waals surface area contributed by atoms with Gasteiger partial charge in [0, 0.05) is 11.8 Å². The predicted octanol–water partition coefficient (Wildman–Crippen LogP) is 4.16. The number of rotatable bonds is 3. The number of aliphatic imine (C=N–C) groups is 1. The lowest BCUT2D eigenvalue weighted by molar-refractivity contribution is 0.982. The summed E-state index contributed by atoms with van der Waals surface area (Å²) in [5, 5.41) is 10.6. The molecule has 6 heteroatoms. The van der Waals surface area contributed by atoms with Crippen LogP contribution < -0.4 is 0 Å². The fraction of sp³-hybridized carbons (Fsp3) is 0.182. The largest absolute Gasteiger partial charge is 0.231 e. The molecule has 0 aliphatic rings. The van der Waals surface area contributed by atoms with Gasteiger partial charge in [0.15, 0.2) is 0 Å². The second kappa shape index (κ2) is 5.58. The minimum Gasteiger partial charge on any atom is -0.226 e. The summed E-state index contributed by atoms with van der Waals surface area (Å²) in [6, 6.07) is 5.33. The zero-order chi connectivity index (χ0) is 12.3. The average molecular weight is 286 g/mol. The second-order valence-electron chi connectivity index (χ2n) is 3.23. The summed E-state index contributed by atoms with van der Waals surface area (Å²) in [4.78, 5) is 4.22. The average Bonchev–Trinajstić information content (AvgIpc) is 2.76. The molecule has 0 fully saturated rings. The van der Waals surface area contributed by atoms with E-state index in [1.165, 1.54) is 11.3 Å². The van der Waals surface area contributed by atoms with E-state index in [2.05, 4.69) is 15.2 Å². The molecule has 0 saturated carbocycles. The Morgan fingerprint density at radius 3 is 2.59 bits per heavy atom. The number of hydrogen-bond acceptors (Lipinski definition) is 4. The van der Waals surface area contributed by atoms with Gasteiger partial charge in [-0.1, -0.05) is 47.5 Å². The zero-order valence-corrected chi connectivity index (χ0v) is 11.4. The number of aromatic nitrogens is 2. The van der Waals surface area contributed by atoms with Crippen molar-refractivity contribution in [3.8, 4) is 0 Å². The van der Waals surface area contributed by atoms with Gasteiger partial charge in [0.1, 0.15) is 5.01 Å². The monoisotopic (exact) mass is 285 g/mol. The van der Waals surface area contributed by atoms with Crippen molar-refractivity contribution in [1.29, 1.82) is 0 Å². The molecular weight excluding hydrogens is 277 g/mol. The SMILES string of the molecule is CCc1nnc(N=Cc2c(Cl)cccc2Cl)s1. The third kappa shape index (κ3) is 3.03. The van der Waals surface area contributed by atoms with Crippen molar-refractivity contribution >= 4 is 45.9 Å². The highest BCUT2D eigenvalue weighted by Crippen LogP contribution is 2.24. The Morgan fingerprint density at radius 2 is 2.00 bits per heavy atom. The number of benzene rings is 1. The topological polar surface area (TPSA) is 38.1 Å². The van der Waals surface area contributed by atoms with E-state index in [9.17, 15) is 0 Å². The summed E-state index contributed by atoms with van der Waals surface area (Å²) in [5.41, 5.74) is 0.698. The van der Waals surface area contributed by atoms with Crippen LogP contribution in [-0.4, -0.2) is 16.4 Å². The predicted molar refractivity (Wildman–Crippen MR) is 73.0 cm³/mol. The Labute approximate surface area is 113 Å². The lowest BCUT2D eigenvalue weighted by Gasteiger charge is -1.98. The summed E-state index contributed by atoms with van der Waals surface area (Å²) in [6.45, 7) is 2.03. The van der Waals surface area contributed by atoms with Gasteiger partial charge in [-0.05, 0) is 18.6 Å². The number of nitrogens with zero attached hydrogens (tertiary/aromatic N) is 3. The quantitative estimate of drug-likeness (QED) is 0.795. The van der Waals surface area contributed by atoms with E-state index in [4.69, 9.17) is 23.2 Å². The fourth-order valence-electron chi connectivity index (χ4n) is 1.19. The van der Waals surface area contributed by atoms with Crippen LogP contribution in [0.5, 0.6) is 0 Å². The van der Waals surface area contributed by atoms with Crippen molar-refractivity contribution in [1.82, 2.24) is 10.2 Å². The molecule has 3 nitrogen and oxygen atoms in total. The van der Waals surface area contributed by atoms with Crippen molar-refractivity contribution in [3.63, 3.8) is 0 Å². The molecular formula is C11H9Cl2N3S. The van der Waals surface area contributed by atoms with E-state index in [0.717, 1.165) is 11.4 Å². The normalized spacial score (nSPS) is 11.2. The lowest BCUT2D eigenvalue weighted by atomic mass is 10.2. The Hall–Kier alpha value is -0.970. The van der Waals surface area contributed by atoms with Gasteiger partial charge in [-0.2, -0.15) is 0 Å². The highest BCUT2D eigenvalue weighted by atomic mass is 35.5. The molecule has 0 N–H and O–H groups in total. The van der Waals surface area contributed by atoms with Gasteiger partial charge in [0.25, 0.3) is 0 Å². The maximum absolute atomic E-state index is 6.02. The summed E-state index contributed by atoms with van der Waals surface area (Å²) < 4.78 is 0. The Balaban J connectivity index is 2.25. The van der Waals surface area contributed by atoms with Crippen LogP contribution in [0.1, 0.15) is 17.5 Å². The van der Waals surface area contributed by atoms with E-state index < -0.39 is 0 Å². The van der Waals surface area contributed by atoms with Gasteiger partial charge in [-0.25, -0.2) is 4.99 Å². The minimum absolute atomic E-state index is 0.571. The molecule has 0 saturated heterocycles. The molecule has 1 aromatic carbocycles. The van der Waals surface area contributed by atoms with Crippen molar-refractivity contribution in [2.45, 2.75) is 13.3 Å². The van der Waals surface area contributed by atoms with E-state index >= 15 is 0 Å². The third-order valence-electron chi connectivity index (χ3n) is 2.06. The first-order valence-electron chi connectivity index (χ1n) is 5.01. The number of halogens is 2. The lowest BCUT2D eigenvalue weighted by Crippen LogP contribution is -1.84. The van der Waals surface area contributed by atoms with Gasteiger partial charge >= 0.3 is 0 Å². The third-order valence-corrected chi connectivity index (χ3v) is 3.70. The number of aryl methyl sites for hydroxylation is 1. The molecule has 0 aliphatic heterocycles. The molecule has 0 radical (unpaired) electrons. The molecule has 0 amide bonds. The standard InChI is InChI=1S/C11H9Cl2N3S/c1-2-10-15-16-11(17-10)14-6-7-8(12)4-3-5-9(7)13/h3-6H,2H2,1H3. The smallest absolute Gasteiger partial charge is 0.226 e. The molecule has 1 aromatic heterocycles. The maximum atomic E-state index is 6.02. The molecule has 2 aromatic rings. The molecule has 1 heterocycles. The molecule has 0 spiro atoms. The summed E-state index contributed by atoms with van der Waals surface area (Å²) in [6.07, 6.45) is 2.48. The maximum Gasteiger partial charge on any atom is 0.231 e. The van der Waals surface area contributed by atoms with Gasteiger partial charge < -0.3 is 0 Å². The summed E-state index contributed by atoms with van der Waals surface area (Å²) in [7, 11) is 0. The van der Waals surface area contributed by atoms with E-state index in [1.807, 2.05) is 6.92 Å². The zero-order valence-electron chi connectivity index (χ0n) is 9.02. The molecule has 2 rings (SSSR count). The first-order chi connectivity index (χ1) is 8.20. The second-order valence-corrected chi connectivity index (χ2v) is 5.08. The first-order valence-corrected chi connectivity index (χ1v) is 6.58. The van der Waals surface area contributed by atoms with Crippen molar-refractivity contribution in [3.05, 3.63) is 38.8 Å².